The standard InChI is InChI=1S/C8H11N3O2/c9-7(5-12)8(13)11-6-1-3-10-4-2-6/h1-4,7,12H,5,9H2,(H,10,11,13). The van der Waals surface area contributed by atoms with Gasteiger partial charge in [0.05, 0.1) is 6.61 Å². The van der Waals surface area contributed by atoms with Crippen molar-refractivity contribution in [1.82, 2.24) is 4.98 Å². The number of rotatable bonds is 3. The van der Waals surface area contributed by atoms with Gasteiger partial charge in [-0.25, -0.2) is 0 Å². The molecular formula is C8H11N3O2. The smallest absolute Gasteiger partial charge is 0.243 e. The van der Waals surface area contributed by atoms with Crippen molar-refractivity contribution < 1.29 is 9.90 Å². The number of amides is 1. The van der Waals surface area contributed by atoms with Crippen LogP contribution in [0.2, 0.25) is 0 Å². The summed E-state index contributed by atoms with van der Waals surface area (Å²) < 4.78 is 0. The normalized spacial score (nSPS) is 12.2. The predicted molar refractivity (Wildman–Crippen MR) is 47.9 cm³/mol. The zero-order valence-corrected chi connectivity index (χ0v) is 6.97. The zero-order valence-electron chi connectivity index (χ0n) is 6.97. The number of nitrogens with zero attached hydrogens (tertiary/aromatic N) is 1. The number of aliphatic hydroxyl groups is 1. The molecule has 1 atom stereocenters. The van der Waals surface area contributed by atoms with Crippen molar-refractivity contribution in [3.8, 4) is 0 Å². The number of aromatic nitrogens is 1. The third-order valence-corrected chi connectivity index (χ3v) is 1.48. The summed E-state index contributed by atoms with van der Waals surface area (Å²) >= 11 is 0. The number of nitrogens with one attached hydrogen (secondary N) is 1. The molecule has 0 radical (unpaired) electrons. The number of hydrogen-bond acceptors (Lipinski definition) is 4. The summed E-state index contributed by atoms with van der Waals surface area (Å²) in [5.41, 5.74) is 5.90. The number of nitrogens with two attached hydrogens (primary N) is 1. The van der Waals surface area contributed by atoms with Crippen molar-refractivity contribution in [3.63, 3.8) is 0 Å². The van der Waals surface area contributed by atoms with E-state index < -0.39 is 11.9 Å². The Morgan fingerprint density at radius 1 is 1.62 bits per heavy atom. The second-order valence-corrected chi connectivity index (χ2v) is 2.51. The number of pyridine rings is 1. The van der Waals surface area contributed by atoms with Crippen molar-refractivity contribution in [2.45, 2.75) is 6.04 Å². The quantitative estimate of drug-likeness (QED) is 0.577. The Morgan fingerprint density at radius 2 is 2.23 bits per heavy atom. The maximum Gasteiger partial charge on any atom is 0.243 e. The lowest BCUT2D eigenvalue weighted by Crippen LogP contribution is -2.38. The lowest BCUT2D eigenvalue weighted by atomic mass is 10.3. The van der Waals surface area contributed by atoms with Gasteiger partial charge in [-0.1, -0.05) is 0 Å². The van der Waals surface area contributed by atoms with E-state index in [0.29, 0.717) is 5.69 Å². The molecule has 1 rings (SSSR count). The van der Waals surface area contributed by atoms with Crippen LogP contribution in [0.25, 0.3) is 0 Å². The van der Waals surface area contributed by atoms with Crippen molar-refractivity contribution in [2.24, 2.45) is 5.73 Å². The van der Waals surface area contributed by atoms with Gasteiger partial charge in [0.25, 0.3) is 0 Å². The Labute approximate surface area is 75.6 Å². The molecule has 13 heavy (non-hydrogen) atoms. The Morgan fingerprint density at radius 3 is 2.77 bits per heavy atom. The van der Waals surface area contributed by atoms with Crippen LogP contribution in [0.1, 0.15) is 0 Å². The van der Waals surface area contributed by atoms with Crippen molar-refractivity contribution >= 4 is 11.6 Å². The van der Waals surface area contributed by atoms with Crippen LogP contribution in [0.5, 0.6) is 0 Å². The SMILES string of the molecule is NC(CO)C(=O)Nc1ccncc1. The molecule has 4 N–H and O–H groups in total. The fourth-order valence-corrected chi connectivity index (χ4v) is 0.753. The zero-order chi connectivity index (χ0) is 9.68. The molecule has 5 nitrogen and oxygen atoms in total. The van der Waals surface area contributed by atoms with Gasteiger partial charge < -0.3 is 16.2 Å². The van der Waals surface area contributed by atoms with Gasteiger partial charge in [-0.15, -0.1) is 0 Å². The van der Waals surface area contributed by atoms with Gasteiger partial charge in [0.2, 0.25) is 5.91 Å². The number of carbonyl (C=O) groups is 1. The fourth-order valence-electron chi connectivity index (χ4n) is 0.753. The summed E-state index contributed by atoms with van der Waals surface area (Å²) in [5, 5.41) is 11.1. The van der Waals surface area contributed by atoms with E-state index in [1.807, 2.05) is 0 Å². The van der Waals surface area contributed by atoms with Crippen LogP contribution in [0.3, 0.4) is 0 Å². The molecule has 0 fully saturated rings. The van der Waals surface area contributed by atoms with Gasteiger partial charge in [0.15, 0.2) is 0 Å². The van der Waals surface area contributed by atoms with Gasteiger partial charge >= 0.3 is 0 Å². The first-order chi connectivity index (χ1) is 6.24. The number of carbonyl (C=O) groups excluding carboxylic acids is 1. The van der Waals surface area contributed by atoms with Gasteiger partial charge in [0.1, 0.15) is 6.04 Å². The average Bonchev–Trinajstić information content (AvgIpc) is 2.18. The molecule has 0 aliphatic carbocycles. The van der Waals surface area contributed by atoms with E-state index in [-0.39, 0.29) is 6.61 Å². The minimum atomic E-state index is -0.881. The van der Waals surface area contributed by atoms with Crippen LogP contribution in [0.4, 0.5) is 5.69 Å². The highest BCUT2D eigenvalue weighted by Gasteiger charge is 2.11. The molecular weight excluding hydrogens is 170 g/mol. The van der Waals surface area contributed by atoms with E-state index in [9.17, 15) is 4.79 Å². The Kier molecular flexibility index (Phi) is 3.36. The van der Waals surface area contributed by atoms with Crippen LogP contribution in [-0.2, 0) is 4.79 Å². The van der Waals surface area contributed by atoms with E-state index in [1.165, 1.54) is 0 Å². The highest BCUT2D eigenvalue weighted by Crippen LogP contribution is 2.02. The molecule has 0 aliphatic heterocycles. The van der Waals surface area contributed by atoms with E-state index in [0.717, 1.165) is 0 Å². The Bertz CT molecular complexity index is 276. The summed E-state index contributed by atoms with van der Waals surface area (Å²) in [7, 11) is 0. The monoisotopic (exact) mass is 181 g/mol. The first-order valence-electron chi connectivity index (χ1n) is 3.81. The van der Waals surface area contributed by atoms with Gasteiger partial charge in [-0.2, -0.15) is 0 Å². The summed E-state index contributed by atoms with van der Waals surface area (Å²) in [6, 6.07) is 2.40. The maximum absolute atomic E-state index is 11.1. The molecule has 5 heteroatoms. The fraction of sp³-hybridized carbons (Fsp3) is 0.250. The maximum atomic E-state index is 11.1. The highest BCUT2D eigenvalue weighted by molar-refractivity contribution is 5.94. The van der Waals surface area contributed by atoms with E-state index in [4.69, 9.17) is 10.8 Å². The van der Waals surface area contributed by atoms with Crippen molar-refractivity contribution in [3.05, 3.63) is 24.5 Å². The average molecular weight is 181 g/mol. The summed E-state index contributed by atoms with van der Waals surface area (Å²) in [6.07, 6.45) is 3.11. The van der Waals surface area contributed by atoms with E-state index in [2.05, 4.69) is 10.3 Å². The molecule has 1 aromatic rings. The molecule has 0 aromatic carbocycles. The molecule has 0 spiro atoms. The van der Waals surface area contributed by atoms with Crippen LogP contribution >= 0.6 is 0 Å². The molecule has 1 heterocycles. The molecule has 0 aliphatic rings. The van der Waals surface area contributed by atoms with E-state index in [1.54, 1.807) is 24.5 Å². The predicted octanol–water partition coefficient (Wildman–Crippen LogP) is -0.660. The Balaban J connectivity index is 2.55. The van der Waals surface area contributed by atoms with Gasteiger partial charge in [-0.05, 0) is 12.1 Å². The van der Waals surface area contributed by atoms with Crippen molar-refractivity contribution in [2.75, 3.05) is 11.9 Å². The minimum Gasteiger partial charge on any atom is -0.394 e. The molecule has 0 saturated heterocycles. The molecule has 1 unspecified atom stereocenters. The van der Waals surface area contributed by atoms with Crippen molar-refractivity contribution in [1.29, 1.82) is 0 Å². The molecule has 0 saturated carbocycles. The number of anilines is 1. The molecule has 70 valence electrons. The first-order valence-corrected chi connectivity index (χ1v) is 3.81. The number of hydrogen-bond donors (Lipinski definition) is 3. The van der Waals surface area contributed by atoms with Crippen LogP contribution in [-0.4, -0.2) is 28.6 Å². The van der Waals surface area contributed by atoms with Crippen LogP contribution in [0, 0.1) is 0 Å². The summed E-state index contributed by atoms with van der Waals surface area (Å²) in [4.78, 5) is 14.9. The minimum absolute atomic E-state index is 0.364. The third kappa shape index (κ3) is 2.81. The lowest BCUT2D eigenvalue weighted by Gasteiger charge is -2.08. The van der Waals surface area contributed by atoms with Gasteiger partial charge in [-0.3, -0.25) is 9.78 Å². The van der Waals surface area contributed by atoms with E-state index >= 15 is 0 Å². The number of aliphatic hydroxyl groups excluding tert-OH is 1. The third-order valence-electron chi connectivity index (χ3n) is 1.48. The molecule has 0 bridgehead atoms. The molecule has 1 amide bonds. The molecule has 1 aromatic heterocycles. The first kappa shape index (κ1) is 9.63. The second kappa shape index (κ2) is 4.54. The second-order valence-electron chi connectivity index (χ2n) is 2.51. The van der Waals surface area contributed by atoms with Crippen LogP contribution in [0.15, 0.2) is 24.5 Å². The lowest BCUT2D eigenvalue weighted by molar-refractivity contribution is -0.118. The highest BCUT2D eigenvalue weighted by atomic mass is 16.3. The topological polar surface area (TPSA) is 88.2 Å². The summed E-state index contributed by atoms with van der Waals surface area (Å²) in [5.74, 6) is -0.409. The van der Waals surface area contributed by atoms with Gasteiger partial charge in [0, 0.05) is 18.1 Å². The largest absolute Gasteiger partial charge is 0.394 e. The summed E-state index contributed by atoms with van der Waals surface area (Å²) in [6.45, 7) is -0.364. The van der Waals surface area contributed by atoms with Crippen LogP contribution < -0.4 is 11.1 Å². The Hall–Kier alpha value is -1.46.